The van der Waals surface area contributed by atoms with Crippen LogP contribution in [0, 0.1) is 11.3 Å². The summed E-state index contributed by atoms with van der Waals surface area (Å²) in [5, 5.41) is 10.0. The molecule has 2 heterocycles. The fraction of sp³-hybridized carbons (Fsp3) is 0.111. The summed E-state index contributed by atoms with van der Waals surface area (Å²) in [6.07, 6.45) is 3.50. The molecule has 5 nitrogen and oxygen atoms in total. The summed E-state index contributed by atoms with van der Waals surface area (Å²) in [6.45, 7) is 0.604. The minimum absolute atomic E-state index is 0.185. The number of ether oxygens (including phenoxy) is 2. The van der Waals surface area contributed by atoms with E-state index in [2.05, 4.69) is 11.1 Å². The van der Waals surface area contributed by atoms with Gasteiger partial charge in [0.25, 0.3) is 0 Å². The van der Waals surface area contributed by atoms with Gasteiger partial charge in [0.05, 0.1) is 35.0 Å². The molecule has 0 fully saturated rings. The van der Waals surface area contributed by atoms with Gasteiger partial charge in [-0.15, -0.1) is 0 Å². The van der Waals surface area contributed by atoms with E-state index in [0.717, 1.165) is 16.6 Å². The Morgan fingerprint density at radius 3 is 2.92 bits per heavy atom. The van der Waals surface area contributed by atoms with Crippen LogP contribution in [0.1, 0.15) is 5.56 Å². The van der Waals surface area contributed by atoms with Gasteiger partial charge in [0.15, 0.2) is 11.5 Å². The Bertz CT molecular complexity index is 1000. The van der Waals surface area contributed by atoms with Gasteiger partial charge in [0.1, 0.15) is 0 Å². The van der Waals surface area contributed by atoms with Crippen LogP contribution in [0.25, 0.3) is 17.1 Å². The smallest absolute Gasteiger partial charge is 0.231 e. The normalized spacial score (nSPS) is 13.2. The van der Waals surface area contributed by atoms with Crippen LogP contribution in [-0.4, -0.2) is 16.3 Å². The molecule has 1 aromatic heterocycles. The van der Waals surface area contributed by atoms with Crippen LogP contribution >= 0.6 is 11.6 Å². The summed E-state index contributed by atoms with van der Waals surface area (Å²) in [4.78, 5) is 4.34. The highest BCUT2D eigenvalue weighted by Crippen LogP contribution is 2.37. The number of hydrogen-bond donors (Lipinski definition) is 0. The fourth-order valence-electron chi connectivity index (χ4n) is 2.66. The number of nitrogens with zero attached hydrogens (tertiary/aromatic N) is 3. The molecule has 3 aromatic rings. The summed E-state index contributed by atoms with van der Waals surface area (Å²) in [6, 6.07) is 13.5. The standard InChI is InChI=1S/C18H12ClN3O2/c19-14-7-18-17(23-11-24-18)6-13(14)5-12(8-20)9-22-10-21-15-3-1-2-4-16(15)22/h1-7,10H,9,11H2/b12-5+. The van der Waals surface area contributed by atoms with Crippen molar-refractivity contribution < 1.29 is 9.47 Å². The first-order chi connectivity index (χ1) is 11.7. The van der Waals surface area contributed by atoms with Gasteiger partial charge >= 0.3 is 0 Å². The van der Waals surface area contributed by atoms with Crippen molar-refractivity contribution in [2.45, 2.75) is 6.54 Å². The Kier molecular flexibility index (Phi) is 3.60. The molecule has 0 spiro atoms. The molecule has 1 aliphatic rings. The molecule has 118 valence electrons. The van der Waals surface area contributed by atoms with E-state index >= 15 is 0 Å². The Balaban J connectivity index is 1.69. The molecule has 1 aliphatic heterocycles. The van der Waals surface area contributed by atoms with Gasteiger partial charge in [-0.3, -0.25) is 0 Å². The topological polar surface area (TPSA) is 60.1 Å². The van der Waals surface area contributed by atoms with E-state index in [-0.39, 0.29) is 6.79 Å². The highest BCUT2D eigenvalue weighted by molar-refractivity contribution is 6.32. The molecule has 0 amide bonds. The highest BCUT2D eigenvalue weighted by atomic mass is 35.5. The molecule has 0 aliphatic carbocycles. The van der Waals surface area contributed by atoms with E-state index < -0.39 is 0 Å². The predicted molar refractivity (Wildman–Crippen MR) is 90.9 cm³/mol. The van der Waals surface area contributed by atoms with Gasteiger partial charge in [0, 0.05) is 11.6 Å². The first-order valence-corrected chi connectivity index (χ1v) is 7.72. The van der Waals surface area contributed by atoms with Crippen LogP contribution in [-0.2, 0) is 6.54 Å². The van der Waals surface area contributed by atoms with Crippen LogP contribution in [0.3, 0.4) is 0 Å². The number of halogens is 1. The third-order valence-corrected chi connectivity index (χ3v) is 4.16. The van der Waals surface area contributed by atoms with E-state index in [0.29, 0.717) is 28.6 Å². The average Bonchev–Trinajstić information content (AvgIpc) is 3.21. The lowest BCUT2D eigenvalue weighted by Crippen LogP contribution is -1.98. The van der Waals surface area contributed by atoms with Gasteiger partial charge in [-0.05, 0) is 29.8 Å². The van der Waals surface area contributed by atoms with Gasteiger partial charge in [-0.25, -0.2) is 4.98 Å². The molecule has 0 saturated carbocycles. The summed E-state index contributed by atoms with van der Waals surface area (Å²) in [5.74, 6) is 1.26. The zero-order chi connectivity index (χ0) is 16.5. The Morgan fingerprint density at radius 1 is 1.29 bits per heavy atom. The van der Waals surface area contributed by atoms with Crippen molar-refractivity contribution in [1.82, 2.24) is 9.55 Å². The van der Waals surface area contributed by atoms with Crippen molar-refractivity contribution in [1.29, 1.82) is 5.26 Å². The van der Waals surface area contributed by atoms with Crippen LogP contribution < -0.4 is 9.47 Å². The van der Waals surface area contributed by atoms with Crippen molar-refractivity contribution in [3.63, 3.8) is 0 Å². The number of aromatic nitrogens is 2. The lowest BCUT2D eigenvalue weighted by atomic mass is 10.1. The van der Waals surface area contributed by atoms with Gasteiger partial charge < -0.3 is 14.0 Å². The van der Waals surface area contributed by atoms with Crippen molar-refractivity contribution >= 4 is 28.7 Å². The van der Waals surface area contributed by atoms with E-state index in [1.54, 1.807) is 24.5 Å². The Morgan fingerprint density at radius 2 is 2.08 bits per heavy atom. The lowest BCUT2D eigenvalue weighted by molar-refractivity contribution is 0.174. The zero-order valence-electron chi connectivity index (χ0n) is 12.6. The maximum absolute atomic E-state index is 9.49. The number of hydrogen-bond acceptors (Lipinski definition) is 4. The fourth-order valence-corrected chi connectivity index (χ4v) is 2.87. The lowest BCUT2D eigenvalue weighted by Gasteiger charge is -2.05. The van der Waals surface area contributed by atoms with E-state index in [4.69, 9.17) is 21.1 Å². The molecule has 6 heteroatoms. The SMILES string of the molecule is N#C/C(=C\c1cc2c(cc1Cl)OCO2)Cn1cnc2ccccc21. The molecule has 0 bridgehead atoms. The molecule has 0 N–H and O–H groups in total. The summed E-state index contributed by atoms with van der Waals surface area (Å²) >= 11 is 6.28. The molecule has 0 saturated heterocycles. The predicted octanol–water partition coefficient (Wildman–Crippen LogP) is 4.03. The minimum atomic E-state index is 0.185. The maximum Gasteiger partial charge on any atom is 0.231 e. The van der Waals surface area contributed by atoms with Crippen LogP contribution in [0.4, 0.5) is 0 Å². The molecular weight excluding hydrogens is 326 g/mol. The van der Waals surface area contributed by atoms with E-state index in [9.17, 15) is 5.26 Å². The van der Waals surface area contributed by atoms with Gasteiger partial charge in [-0.2, -0.15) is 5.26 Å². The largest absolute Gasteiger partial charge is 0.454 e. The van der Waals surface area contributed by atoms with Crippen molar-refractivity contribution in [2.24, 2.45) is 0 Å². The van der Waals surface area contributed by atoms with Gasteiger partial charge in [0.2, 0.25) is 6.79 Å². The summed E-state index contributed by atoms with van der Waals surface area (Å²) in [7, 11) is 0. The number of rotatable bonds is 3. The molecule has 2 aromatic carbocycles. The third kappa shape index (κ3) is 2.57. The number of allylic oxidation sites excluding steroid dienone is 1. The van der Waals surface area contributed by atoms with E-state index in [1.807, 2.05) is 28.8 Å². The second kappa shape index (κ2) is 5.91. The average molecular weight is 338 g/mol. The molecule has 0 radical (unpaired) electrons. The monoisotopic (exact) mass is 337 g/mol. The second-order valence-corrected chi connectivity index (χ2v) is 5.78. The second-order valence-electron chi connectivity index (χ2n) is 5.37. The van der Waals surface area contributed by atoms with Crippen LogP contribution in [0.15, 0.2) is 48.3 Å². The number of benzene rings is 2. The van der Waals surface area contributed by atoms with Crippen LogP contribution in [0.2, 0.25) is 5.02 Å². The maximum atomic E-state index is 9.49. The van der Waals surface area contributed by atoms with Crippen molar-refractivity contribution in [2.75, 3.05) is 6.79 Å². The van der Waals surface area contributed by atoms with E-state index in [1.165, 1.54) is 0 Å². The third-order valence-electron chi connectivity index (χ3n) is 3.83. The van der Waals surface area contributed by atoms with Crippen molar-refractivity contribution in [3.8, 4) is 17.6 Å². The Labute approximate surface area is 143 Å². The minimum Gasteiger partial charge on any atom is -0.454 e. The molecule has 0 unspecified atom stereocenters. The number of nitriles is 1. The van der Waals surface area contributed by atoms with Crippen LogP contribution in [0.5, 0.6) is 11.5 Å². The Hall–Kier alpha value is -2.97. The number of imidazole rings is 1. The zero-order valence-corrected chi connectivity index (χ0v) is 13.3. The number of para-hydroxylation sites is 2. The first-order valence-electron chi connectivity index (χ1n) is 7.34. The van der Waals surface area contributed by atoms with Crippen molar-refractivity contribution in [3.05, 3.63) is 58.9 Å². The number of fused-ring (bicyclic) bond motifs is 2. The molecular formula is C18H12ClN3O2. The molecule has 4 rings (SSSR count). The molecule has 24 heavy (non-hydrogen) atoms. The highest BCUT2D eigenvalue weighted by Gasteiger charge is 2.16. The van der Waals surface area contributed by atoms with Gasteiger partial charge in [-0.1, -0.05) is 23.7 Å². The first kappa shape index (κ1) is 14.6. The summed E-state index contributed by atoms with van der Waals surface area (Å²) in [5.41, 5.74) is 3.17. The summed E-state index contributed by atoms with van der Waals surface area (Å²) < 4.78 is 12.6. The quantitative estimate of drug-likeness (QED) is 0.677. The molecule has 0 atom stereocenters.